The van der Waals surface area contributed by atoms with E-state index in [9.17, 15) is 86.2 Å². The van der Waals surface area contributed by atoms with Crippen molar-refractivity contribution in [3.8, 4) is 73.3 Å². The molecule has 4 heterocycles. The second kappa shape index (κ2) is 54.2. The van der Waals surface area contributed by atoms with Gasteiger partial charge in [0.2, 0.25) is 0 Å². The van der Waals surface area contributed by atoms with E-state index in [1.165, 1.54) is 226 Å². The van der Waals surface area contributed by atoms with Crippen LogP contribution < -0.4 is 45.9 Å². The number of hydrogen-bond donors (Lipinski definition) is 4. The van der Waals surface area contributed by atoms with Crippen molar-refractivity contribution in [1.82, 2.24) is 18.3 Å². The smallest absolute Gasteiger partial charge is 0.339 e. The van der Waals surface area contributed by atoms with Crippen molar-refractivity contribution < 1.29 is 129 Å². The molecular weight excluding hydrogens is 2010 g/mol. The molecule has 33 nitrogen and oxygen atoms in total. The van der Waals surface area contributed by atoms with E-state index in [1.54, 1.807) is 66.7 Å². The van der Waals surface area contributed by atoms with Crippen LogP contribution in [0.4, 0.5) is 8.78 Å². The zero-order valence-corrected chi connectivity index (χ0v) is 85.4. The summed E-state index contributed by atoms with van der Waals surface area (Å²) in [6, 6.07) is 37.9. The standard InChI is InChI=1S/C28H28ClNO8.2C27H25ClFNO7.C27H26ClNO7/c1-16(31)19-8-6-18(29)13-21(19)22-14-27(33)30(15-26(22)38-4)23(9-10-36-2)24(32)11-17-5-7-20(28(34)35)25(12-17)37-3;1-15(31)18-7-5-17(28)12-20(18)21-13-26(33)30(14-25(21)37-3)23(8-9-36-2)24(32)11-16-4-6-19(27(34)35)22(29)10-16;1-15(31)18-8-9-20(28)26(29)25(18)19-13-24(33)30(14-23(19)37-3)21(10-11-36-2)22(32)12-16-4-6-17(7-5-16)27(34)35;1-16(30)20-9-8-19(28)13-21(20)22-14-26(32)29(15-25(22)36-3)23(10-11-35-2)24(31)12-17-4-6-18(7-5-17)27(33)34/h5-8,12-15,23H,9-11H2,1-4H3,(H,34,35);4-7,10,12-14,23H,8-9,11H2,1-3H3,(H,34,35);4-9,13-14,21H,10-12H2,1-3H3,(H,34,35);4-9,13-15,23H,10-12H2,1-3H3,(H,33,34). The Bertz CT molecular complexity index is 7300. The fourth-order valence-corrected chi connectivity index (χ4v) is 16.9. The molecule has 0 bridgehead atoms. The first-order valence-corrected chi connectivity index (χ1v) is 46.7. The Morgan fingerprint density at radius 2 is 0.554 bits per heavy atom. The molecule has 39 heteroatoms. The third kappa shape index (κ3) is 29.5. The number of carbonyl (C=O) groups excluding carboxylic acids is 8. The number of rotatable bonds is 45. The quantitative estimate of drug-likeness (QED) is 0.0258. The molecule has 0 aliphatic carbocycles. The maximum atomic E-state index is 15.1. The third-order valence-electron chi connectivity index (χ3n) is 23.6. The Morgan fingerprint density at radius 1 is 0.291 bits per heavy atom. The molecule has 148 heavy (non-hydrogen) atoms. The van der Waals surface area contributed by atoms with Crippen LogP contribution >= 0.6 is 46.4 Å². The first-order chi connectivity index (χ1) is 70.4. The molecule has 0 radical (unpaired) electrons. The first kappa shape index (κ1) is 116. The Kier molecular flexibility index (Phi) is 42.6. The molecule has 12 aromatic rings. The van der Waals surface area contributed by atoms with Crippen LogP contribution in [0.1, 0.15) is 183 Å². The minimum atomic E-state index is -1.42. The monoisotopic (exact) mass is 2110 g/mol. The lowest BCUT2D eigenvalue weighted by Gasteiger charge is -2.21. The molecular formula is C109H104Cl4F2N4O29. The van der Waals surface area contributed by atoms with Gasteiger partial charge in [0.05, 0.1) is 106 Å². The molecule has 0 aliphatic heterocycles. The zero-order valence-electron chi connectivity index (χ0n) is 82.4. The summed E-state index contributed by atoms with van der Waals surface area (Å²) >= 11 is 24.4. The Labute approximate surface area is 866 Å². The third-order valence-corrected chi connectivity index (χ3v) is 24.6. The summed E-state index contributed by atoms with van der Waals surface area (Å²) in [7, 11) is 12.8. The van der Waals surface area contributed by atoms with Gasteiger partial charge in [-0.1, -0.05) is 82.8 Å². The summed E-state index contributed by atoms with van der Waals surface area (Å²) in [6.45, 7) is 6.25. The minimum Gasteiger partial charge on any atom is -0.496 e. The highest BCUT2D eigenvalue weighted by atomic mass is 35.5. The van der Waals surface area contributed by atoms with Gasteiger partial charge in [-0.25, -0.2) is 28.0 Å². The van der Waals surface area contributed by atoms with Gasteiger partial charge in [-0.3, -0.25) is 57.5 Å². The highest BCUT2D eigenvalue weighted by Gasteiger charge is 2.33. The number of ketones is 8. The van der Waals surface area contributed by atoms with Crippen LogP contribution in [0.2, 0.25) is 20.1 Å². The first-order valence-electron chi connectivity index (χ1n) is 45.2. The fraction of sp³-hybridized carbons (Fsp3) is 0.266. The zero-order chi connectivity index (χ0) is 109. The number of aromatic carboxylic acids is 4. The van der Waals surface area contributed by atoms with E-state index in [2.05, 4.69) is 0 Å². The molecule has 12 rings (SSSR count). The van der Waals surface area contributed by atoms with Gasteiger partial charge < -0.3 is 81.3 Å². The van der Waals surface area contributed by atoms with E-state index in [1.807, 2.05) is 0 Å². The average Bonchev–Trinajstić information content (AvgIpc) is 0.772. The van der Waals surface area contributed by atoms with Crippen LogP contribution in [-0.4, -0.2) is 199 Å². The van der Waals surface area contributed by atoms with Gasteiger partial charge in [-0.2, -0.15) is 0 Å². The topological polar surface area (TPSA) is 457 Å². The van der Waals surface area contributed by atoms with Crippen LogP contribution in [0, 0.1) is 11.6 Å². The van der Waals surface area contributed by atoms with Crippen molar-refractivity contribution in [3.05, 3.63) is 341 Å². The molecule has 0 saturated carbocycles. The predicted octanol–water partition coefficient (Wildman–Crippen LogP) is 18.2. The van der Waals surface area contributed by atoms with Crippen LogP contribution in [0.15, 0.2) is 220 Å². The van der Waals surface area contributed by atoms with Gasteiger partial charge in [0.1, 0.15) is 45.9 Å². The van der Waals surface area contributed by atoms with Crippen LogP contribution in [-0.2, 0) is 63.8 Å². The fourth-order valence-electron chi connectivity index (χ4n) is 16.2. The molecule has 4 aromatic heterocycles. The summed E-state index contributed by atoms with van der Waals surface area (Å²) < 4.78 is 82.0. The molecule has 8 aromatic carbocycles. The van der Waals surface area contributed by atoms with E-state index in [0.717, 1.165) is 18.2 Å². The number of benzene rings is 8. The van der Waals surface area contributed by atoms with Gasteiger partial charge in [-0.15, -0.1) is 0 Å². The van der Waals surface area contributed by atoms with E-state index in [0.29, 0.717) is 87.6 Å². The molecule has 0 amide bonds. The maximum Gasteiger partial charge on any atom is 0.339 e. The highest BCUT2D eigenvalue weighted by molar-refractivity contribution is 6.32. The second-order valence-electron chi connectivity index (χ2n) is 33.3. The SMILES string of the molecule is COCCC(C(=O)Cc1ccc(C(=O)O)c(F)c1)n1cc(OC)c(-c2cc(Cl)ccc2C(C)=O)cc1=O.COCCC(C(=O)Cc1ccc(C(=O)O)c(OC)c1)n1cc(OC)c(-c2cc(Cl)ccc2C(C)=O)cc1=O.COCCC(C(=O)Cc1ccc(C(=O)O)cc1)n1cc(OC)c(-c2c(C(C)=O)ccc(Cl)c2F)cc1=O.COCCC(C(=O)Cc1ccc(C(=O)O)cc1)n1cc(OC)c(-c2cc(Cl)ccc2C(C)=O)cc1=O. The summed E-state index contributed by atoms with van der Waals surface area (Å²) in [4.78, 5) is 200. The van der Waals surface area contributed by atoms with Crippen LogP contribution in [0.3, 0.4) is 0 Å². The second-order valence-corrected chi connectivity index (χ2v) is 35.0. The number of hydrogen-bond acceptors (Lipinski definition) is 25. The normalized spacial score (nSPS) is 11.7. The lowest BCUT2D eigenvalue weighted by molar-refractivity contribution is -0.123. The van der Waals surface area contributed by atoms with E-state index >= 15 is 4.39 Å². The van der Waals surface area contributed by atoms with Crippen molar-refractivity contribution in [3.63, 3.8) is 0 Å². The van der Waals surface area contributed by atoms with Crippen LogP contribution in [0.25, 0.3) is 44.5 Å². The number of carboxylic acid groups (broad SMARTS) is 4. The van der Waals surface area contributed by atoms with Crippen LogP contribution in [0.5, 0.6) is 28.7 Å². The summed E-state index contributed by atoms with van der Waals surface area (Å²) in [5.74, 6) is -7.91. The number of nitrogens with zero attached hydrogens (tertiary/aromatic N) is 4. The number of carbonyl (C=O) groups is 12. The number of ether oxygens (including phenoxy) is 9. The van der Waals surface area contributed by atoms with Gasteiger partial charge in [0.15, 0.2) is 46.3 Å². The van der Waals surface area contributed by atoms with E-state index in [4.69, 9.17) is 104 Å². The molecule has 0 spiro atoms. The van der Waals surface area contributed by atoms with Gasteiger partial charge in [0.25, 0.3) is 22.2 Å². The van der Waals surface area contributed by atoms with Gasteiger partial charge in [-0.05, 0) is 208 Å². The molecule has 4 unspecified atom stereocenters. The Morgan fingerprint density at radius 3 is 0.831 bits per heavy atom. The van der Waals surface area contributed by atoms with Crippen molar-refractivity contribution in [2.24, 2.45) is 0 Å². The number of carboxylic acids is 4. The molecule has 776 valence electrons. The molecule has 0 fully saturated rings. The van der Waals surface area contributed by atoms with E-state index < -0.39 is 99.0 Å². The molecule has 4 atom stereocenters. The summed E-state index contributed by atoms with van der Waals surface area (Å²) in [5, 5.41) is 37.4. The number of Topliss-reactive ketones (excluding diaryl/α,β-unsaturated/α-hetero) is 8. The number of halogens is 6. The number of methoxy groups -OCH3 is 9. The van der Waals surface area contributed by atoms with Gasteiger partial charge in [0, 0.05) is 170 Å². The van der Waals surface area contributed by atoms with Crippen molar-refractivity contribution in [2.45, 2.75) is 103 Å². The lowest BCUT2D eigenvalue weighted by atomic mass is 9.96. The maximum absolute atomic E-state index is 15.1. The number of pyridine rings is 4. The molecule has 0 aliphatic rings. The van der Waals surface area contributed by atoms with Gasteiger partial charge >= 0.3 is 23.9 Å². The molecule has 0 saturated heterocycles. The van der Waals surface area contributed by atoms with Crippen molar-refractivity contribution >= 4 is 117 Å². The molecule has 4 N–H and O–H groups in total. The lowest BCUT2D eigenvalue weighted by Crippen LogP contribution is -2.31. The van der Waals surface area contributed by atoms with Crippen molar-refractivity contribution in [2.75, 3.05) is 90.4 Å². The Hall–Kier alpha value is -15.3. The van der Waals surface area contributed by atoms with E-state index in [-0.39, 0.29) is 179 Å². The summed E-state index contributed by atoms with van der Waals surface area (Å²) in [6.07, 6.45) is 5.92. The van der Waals surface area contributed by atoms with Crippen molar-refractivity contribution in [1.29, 1.82) is 0 Å². The highest BCUT2D eigenvalue weighted by Crippen LogP contribution is 2.41. The largest absolute Gasteiger partial charge is 0.496 e. The number of aromatic nitrogens is 4. The summed E-state index contributed by atoms with van der Waals surface area (Å²) in [5.41, 5.74) is 2.91. The Balaban J connectivity index is 0.000000219. The average molecular weight is 2110 g/mol. The predicted molar refractivity (Wildman–Crippen MR) is 548 cm³/mol. The minimum absolute atomic E-state index is 0.00638.